The average molecular weight is 534 g/mol. The predicted molar refractivity (Wildman–Crippen MR) is 144 cm³/mol. The summed E-state index contributed by atoms with van der Waals surface area (Å²) in [5.74, 6) is 0.529. The summed E-state index contributed by atoms with van der Waals surface area (Å²) in [7, 11) is 0. The van der Waals surface area contributed by atoms with Gasteiger partial charge in [-0.15, -0.1) is 0 Å². The number of likely N-dealkylation sites (tertiary alicyclic amines) is 1. The molecule has 1 saturated carbocycles. The first-order chi connectivity index (χ1) is 18.9. The number of nitrogens with one attached hydrogen (secondary N) is 1. The van der Waals surface area contributed by atoms with Crippen molar-refractivity contribution in [2.45, 2.75) is 57.4 Å². The van der Waals surface area contributed by atoms with E-state index in [2.05, 4.69) is 32.5 Å². The van der Waals surface area contributed by atoms with Gasteiger partial charge in [-0.2, -0.15) is 4.98 Å². The van der Waals surface area contributed by atoms with E-state index in [0.29, 0.717) is 37.4 Å². The Labute approximate surface area is 228 Å². The monoisotopic (exact) mass is 533 g/mol. The van der Waals surface area contributed by atoms with Crippen LogP contribution in [0.25, 0.3) is 0 Å². The van der Waals surface area contributed by atoms with Gasteiger partial charge in [0.15, 0.2) is 5.82 Å². The third kappa shape index (κ3) is 6.71. The van der Waals surface area contributed by atoms with Crippen LogP contribution in [0.1, 0.15) is 67.4 Å². The van der Waals surface area contributed by atoms with E-state index >= 15 is 0 Å². The molecule has 0 radical (unpaired) electrons. The highest BCUT2D eigenvalue weighted by molar-refractivity contribution is 5.81. The second-order valence-corrected chi connectivity index (χ2v) is 11.0. The Bertz CT molecular complexity index is 1250. The van der Waals surface area contributed by atoms with Crippen LogP contribution in [0.15, 0.2) is 59.1 Å². The molecule has 1 aromatic heterocycles. The van der Waals surface area contributed by atoms with Gasteiger partial charge in [0.05, 0.1) is 11.5 Å². The summed E-state index contributed by atoms with van der Waals surface area (Å²) in [5.41, 5.74) is 7.15. The topological polar surface area (TPSA) is 114 Å². The number of primary amides is 1. The zero-order chi connectivity index (χ0) is 27.2. The summed E-state index contributed by atoms with van der Waals surface area (Å²) in [6.07, 6.45) is 5.79. The van der Waals surface area contributed by atoms with Gasteiger partial charge in [-0.25, -0.2) is 4.39 Å². The van der Waals surface area contributed by atoms with Gasteiger partial charge in [-0.05, 0) is 68.5 Å². The van der Waals surface area contributed by atoms with Gasteiger partial charge < -0.3 is 20.5 Å². The zero-order valence-corrected chi connectivity index (χ0v) is 22.2. The lowest BCUT2D eigenvalue weighted by atomic mass is 9.75. The Morgan fingerprint density at radius 2 is 1.82 bits per heavy atom. The third-order valence-electron chi connectivity index (χ3n) is 8.34. The van der Waals surface area contributed by atoms with Crippen LogP contribution >= 0.6 is 0 Å². The number of nitrogens with zero attached hydrogens (tertiary/aromatic N) is 3. The number of hydrogen-bond donors (Lipinski definition) is 2. The summed E-state index contributed by atoms with van der Waals surface area (Å²) in [6, 6.07) is 16.2. The molecule has 2 aromatic carbocycles. The summed E-state index contributed by atoms with van der Waals surface area (Å²) in [4.78, 5) is 32.1. The maximum absolute atomic E-state index is 13.2. The number of amides is 2. The molecule has 1 unspecified atom stereocenters. The van der Waals surface area contributed by atoms with Gasteiger partial charge in [0.1, 0.15) is 5.82 Å². The molecule has 1 aliphatic carbocycles. The van der Waals surface area contributed by atoms with E-state index in [1.54, 1.807) is 12.1 Å². The molecule has 2 aliphatic rings. The van der Waals surface area contributed by atoms with Crippen LogP contribution in [0.3, 0.4) is 0 Å². The van der Waals surface area contributed by atoms with E-state index in [1.807, 2.05) is 18.2 Å². The Morgan fingerprint density at radius 3 is 2.46 bits per heavy atom. The minimum absolute atomic E-state index is 0.0416. The molecule has 2 fully saturated rings. The van der Waals surface area contributed by atoms with Gasteiger partial charge in [0.2, 0.25) is 17.7 Å². The number of nitrogens with two attached hydrogens (primary N) is 1. The molecule has 1 atom stereocenters. The maximum Gasteiger partial charge on any atom is 0.227 e. The fourth-order valence-electron chi connectivity index (χ4n) is 5.50. The normalized spacial score (nSPS) is 18.3. The molecule has 206 valence electrons. The molecule has 5 rings (SSSR count). The minimum atomic E-state index is -0.743. The summed E-state index contributed by atoms with van der Waals surface area (Å²) >= 11 is 0. The first-order valence-electron chi connectivity index (χ1n) is 13.8. The number of hydrogen-bond acceptors (Lipinski definition) is 6. The Hall–Kier alpha value is -3.59. The van der Waals surface area contributed by atoms with Crippen molar-refractivity contribution in [2.75, 3.05) is 19.6 Å². The Balaban J connectivity index is 1.17. The molecule has 0 bridgehead atoms. The minimum Gasteiger partial charge on any atom is -0.369 e. The van der Waals surface area contributed by atoms with Gasteiger partial charge >= 0.3 is 0 Å². The van der Waals surface area contributed by atoms with Crippen molar-refractivity contribution in [1.82, 2.24) is 20.4 Å². The lowest BCUT2D eigenvalue weighted by Gasteiger charge is -2.39. The molecule has 0 spiro atoms. The molecule has 1 saturated heterocycles. The van der Waals surface area contributed by atoms with Crippen LogP contribution < -0.4 is 11.1 Å². The number of piperidine rings is 1. The highest BCUT2D eigenvalue weighted by Gasteiger charge is 2.41. The number of rotatable bonds is 11. The molecule has 39 heavy (non-hydrogen) atoms. The number of benzene rings is 2. The average Bonchev–Trinajstić information content (AvgIpc) is 3.34. The maximum atomic E-state index is 13.2. The summed E-state index contributed by atoms with van der Waals surface area (Å²) in [6.45, 7) is 2.25. The van der Waals surface area contributed by atoms with E-state index in [1.165, 1.54) is 12.1 Å². The Kier molecular flexibility index (Phi) is 8.35. The molecule has 3 aromatic rings. The third-order valence-corrected chi connectivity index (χ3v) is 8.34. The van der Waals surface area contributed by atoms with Crippen molar-refractivity contribution in [3.05, 3.63) is 83.3 Å². The molecular weight excluding hydrogens is 497 g/mol. The lowest BCUT2D eigenvalue weighted by Crippen LogP contribution is -2.49. The van der Waals surface area contributed by atoms with Gasteiger partial charge in [-0.1, -0.05) is 54.0 Å². The SMILES string of the molecule is NC(=O)C1(Cc2nc(Cc3ccc(F)cc3)no2)CCN(CCC(NC(=O)C2CCC2)c2ccccc2)CC1. The number of aromatic nitrogens is 2. The highest BCUT2D eigenvalue weighted by Crippen LogP contribution is 2.35. The summed E-state index contributed by atoms with van der Waals surface area (Å²) in [5, 5.41) is 7.33. The first kappa shape index (κ1) is 27.0. The van der Waals surface area contributed by atoms with Crippen molar-refractivity contribution in [3.8, 4) is 0 Å². The predicted octanol–water partition coefficient (Wildman–Crippen LogP) is 3.96. The van der Waals surface area contributed by atoms with E-state index in [0.717, 1.165) is 56.4 Å². The Morgan fingerprint density at radius 1 is 1.10 bits per heavy atom. The van der Waals surface area contributed by atoms with Crippen molar-refractivity contribution >= 4 is 11.8 Å². The quantitative estimate of drug-likeness (QED) is 0.386. The van der Waals surface area contributed by atoms with Crippen LogP contribution in [0, 0.1) is 17.2 Å². The molecule has 3 N–H and O–H groups in total. The first-order valence-corrected chi connectivity index (χ1v) is 13.8. The zero-order valence-electron chi connectivity index (χ0n) is 22.2. The number of carbonyl (C=O) groups is 2. The molecule has 9 heteroatoms. The second kappa shape index (κ2) is 12.1. The second-order valence-electron chi connectivity index (χ2n) is 11.0. The van der Waals surface area contributed by atoms with Gasteiger partial charge in [0, 0.05) is 25.3 Å². The fraction of sp³-hybridized carbons (Fsp3) is 0.467. The largest absolute Gasteiger partial charge is 0.369 e. The van der Waals surface area contributed by atoms with E-state index in [9.17, 15) is 14.0 Å². The van der Waals surface area contributed by atoms with E-state index in [4.69, 9.17) is 10.3 Å². The molecule has 2 amide bonds. The van der Waals surface area contributed by atoms with E-state index in [-0.39, 0.29) is 29.6 Å². The van der Waals surface area contributed by atoms with Crippen LogP contribution in [0.2, 0.25) is 0 Å². The van der Waals surface area contributed by atoms with Crippen LogP contribution in [-0.4, -0.2) is 46.5 Å². The number of halogens is 1. The van der Waals surface area contributed by atoms with Crippen molar-refractivity contribution < 1.29 is 18.5 Å². The van der Waals surface area contributed by atoms with Crippen molar-refractivity contribution in [2.24, 2.45) is 17.1 Å². The van der Waals surface area contributed by atoms with Crippen LogP contribution in [-0.2, 0) is 22.4 Å². The van der Waals surface area contributed by atoms with Crippen LogP contribution in [0.4, 0.5) is 4.39 Å². The molecule has 2 heterocycles. The van der Waals surface area contributed by atoms with E-state index < -0.39 is 5.41 Å². The summed E-state index contributed by atoms with van der Waals surface area (Å²) < 4.78 is 18.6. The lowest BCUT2D eigenvalue weighted by molar-refractivity contribution is -0.131. The molecular formula is C30H36FN5O3. The fourth-order valence-corrected chi connectivity index (χ4v) is 5.50. The van der Waals surface area contributed by atoms with Crippen molar-refractivity contribution in [3.63, 3.8) is 0 Å². The standard InChI is InChI=1S/C30H36FN5O3/c31-24-11-9-21(10-12-24)19-26-34-27(39-35-26)20-30(29(32)38)14-17-36(18-15-30)16-13-25(22-5-2-1-3-6-22)33-28(37)23-7-4-8-23/h1-3,5-6,9-12,23,25H,4,7-8,13-20H2,(H2,32,38)(H,33,37). The molecule has 8 nitrogen and oxygen atoms in total. The van der Waals surface area contributed by atoms with Crippen LogP contribution in [0.5, 0.6) is 0 Å². The number of carbonyl (C=O) groups excluding carboxylic acids is 2. The van der Waals surface area contributed by atoms with Gasteiger partial charge in [0.25, 0.3) is 0 Å². The van der Waals surface area contributed by atoms with Gasteiger partial charge in [-0.3, -0.25) is 9.59 Å². The smallest absolute Gasteiger partial charge is 0.227 e. The van der Waals surface area contributed by atoms with Crippen molar-refractivity contribution in [1.29, 1.82) is 0 Å². The molecule has 1 aliphatic heterocycles. The highest BCUT2D eigenvalue weighted by atomic mass is 19.1.